The average molecular weight is 283 g/mol. The molecule has 0 aromatic carbocycles. The third-order valence-electron chi connectivity index (χ3n) is 2.72. The summed E-state index contributed by atoms with van der Waals surface area (Å²) in [4.78, 5) is 27.8. The Morgan fingerprint density at radius 3 is 2.60 bits per heavy atom. The number of aliphatic imine (C=N–C) groups is 1. The van der Waals surface area contributed by atoms with Gasteiger partial charge in [0.25, 0.3) is 0 Å². The molecule has 0 spiro atoms. The van der Waals surface area contributed by atoms with Gasteiger partial charge in [0.05, 0.1) is 6.10 Å². The smallest absolute Gasteiger partial charge is 0.223 e. The summed E-state index contributed by atoms with van der Waals surface area (Å²) < 4.78 is 5.57. The van der Waals surface area contributed by atoms with Crippen LogP contribution in [0.1, 0.15) is 33.6 Å². The van der Waals surface area contributed by atoms with Crippen LogP contribution in [0.15, 0.2) is 17.3 Å². The highest BCUT2D eigenvalue weighted by atomic mass is 16.5. The fourth-order valence-corrected chi connectivity index (χ4v) is 1.33. The first-order valence-electron chi connectivity index (χ1n) is 6.65. The zero-order valence-electron chi connectivity index (χ0n) is 13.0. The van der Waals surface area contributed by atoms with E-state index < -0.39 is 0 Å². The van der Waals surface area contributed by atoms with Crippen LogP contribution in [0.25, 0.3) is 0 Å². The maximum atomic E-state index is 11.1. The minimum Gasteiger partial charge on any atom is -0.478 e. The van der Waals surface area contributed by atoms with Gasteiger partial charge in [0.2, 0.25) is 11.8 Å². The second-order valence-electron chi connectivity index (χ2n) is 4.57. The molecular formula is C14H25N3O3. The van der Waals surface area contributed by atoms with Gasteiger partial charge in [-0.15, -0.1) is 0 Å². The first kappa shape index (κ1) is 18.1. The number of carbonyl (C=O) groups excluding carboxylic acids is 2. The Labute approximate surface area is 120 Å². The molecule has 0 aliphatic carbocycles. The number of amides is 2. The van der Waals surface area contributed by atoms with Gasteiger partial charge in [-0.05, 0) is 6.92 Å². The van der Waals surface area contributed by atoms with Crippen LogP contribution < -0.4 is 5.32 Å². The van der Waals surface area contributed by atoms with Gasteiger partial charge in [-0.1, -0.05) is 6.08 Å². The number of carbonyl (C=O) groups is 2. The van der Waals surface area contributed by atoms with Crippen LogP contribution in [0.4, 0.5) is 0 Å². The van der Waals surface area contributed by atoms with Crippen molar-refractivity contribution < 1.29 is 14.3 Å². The quantitative estimate of drug-likeness (QED) is 0.566. The van der Waals surface area contributed by atoms with Crippen LogP contribution in [-0.4, -0.2) is 49.4 Å². The summed E-state index contributed by atoms with van der Waals surface area (Å²) in [5, 5.41) is 2.52. The topological polar surface area (TPSA) is 71.0 Å². The number of nitrogens with zero attached hydrogens (tertiary/aromatic N) is 2. The highest BCUT2D eigenvalue weighted by molar-refractivity contribution is 5.77. The highest BCUT2D eigenvalue weighted by Gasteiger charge is 2.07. The summed E-state index contributed by atoms with van der Waals surface area (Å²) in [6.07, 6.45) is 4.24. The number of rotatable bonds is 7. The molecule has 0 bridgehead atoms. The molecule has 0 aromatic heterocycles. The summed E-state index contributed by atoms with van der Waals surface area (Å²) >= 11 is 0. The van der Waals surface area contributed by atoms with Crippen molar-refractivity contribution in [3.8, 4) is 0 Å². The van der Waals surface area contributed by atoms with E-state index in [2.05, 4.69) is 10.3 Å². The fourth-order valence-electron chi connectivity index (χ4n) is 1.33. The van der Waals surface area contributed by atoms with Crippen molar-refractivity contribution in [2.45, 2.75) is 39.7 Å². The molecule has 114 valence electrons. The molecule has 20 heavy (non-hydrogen) atoms. The van der Waals surface area contributed by atoms with E-state index in [4.69, 9.17) is 4.74 Å². The third-order valence-corrected chi connectivity index (χ3v) is 2.72. The average Bonchev–Trinajstić information content (AvgIpc) is 2.40. The van der Waals surface area contributed by atoms with E-state index in [1.165, 1.54) is 6.92 Å². The molecule has 1 unspecified atom stereocenters. The molecule has 0 rings (SSSR count). The highest BCUT2D eigenvalue weighted by Crippen LogP contribution is 2.01. The summed E-state index contributed by atoms with van der Waals surface area (Å²) in [6, 6.07) is 0. The Balaban J connectivity index is 4.02. The summed E-state index contributed by atoms with van der Waals surface area (Å²) in [5.41, 5.74) is 0. The van der Waals surface area contributed by atoms with Crippen molar-refractivity contribution in [2.75, 3.05) is 20.6 Å². The second-order valence-corrected chi connectivity index (χ2v) is 4.57. The van der Waals surface area contributed by atoms with Crippen molar-refractivity contribution in [1.29, 1.82) is 0 Å². The Hall–Kier alpha value is -1.85. The molecule has 0 radical (unpaired) electrons. The van der Waals surface area contributed by atoms with Gasteiger partial charge in [0, 0.05) is 53.5 Å². The molecule has 1 atom stereocenters. The molecule has 6 heteroatoms. The first-order chi connectivity index (χ1) is 9.36. The van der Waals surface area contributed by atoms with E-state index in [0.29, 0.717) is 18.9 Å². The van der Waals surface area contributed by atoms with Crippen molar-refractivity contribution in [3.63, 3.8) is 0 Å². The lowest BCUT2D eigenvalue weighted by atomic mass is 10.2. The standard InChI is InChI=1S/C14H25N3O3/c1-11(8-10-17(5)13(3)18)20-12(2)16-9-6-7-14(19)15-4/h6,9,11H,7-8,10H2,1-5H3,(H,15,19)/b9-6-,16-12?. The van der Waals surface area contributed by atoms with Gasteiger partial charge in [-0.2, -0.15) is 0 Å². The number of hydrogen-bond donors (Lipinski definition) is 1. The van der Waals surface area contributed by atoms with E-state index in [9.17, 15) is 9.59 Å². The van der Waals surface area contributed by atoms with Crippen LogP contribution in [0.2, 0.25) is 0 Å². The Bertz CT molecular complexity index is 378. The molecule has 0 aliphatic rings. The number of hydrogen-bond acceptors (Lipinski definition) is 4. The molecule has 2 amide bonds. The maximum Gasteiger partial charge on any atom is 0.223 e. The normalized spacial score (nSPS) is 13.2. The van der Waals surface area contributed by atoms with E-state index >= 15 is 0 Å². The zero-order chi connectivity index (χ0) is 15.5. The number of ether oxygens (including phenoxy) is 1. The van der Waals surface area contributed by atoms with Gasteiger partial charge in [0.1, 0.15) is 0 Å². The van der Waals surface area contributed by atoms with E-state index in [1.807, 2.05) is 6.92 Å². The van der Waals surface area contributed by atoms with Crippen LogP contribution in [0.5, 0.6) is 0 Å². The molecule has 0 aliphatic heterocycles. The predicted octanol–water partition coefficient (Wildman–Crippen LogP) is 1.33. The molecule has 0 fully saturated rings. The minimum atomic E-state index is -0.0596. The van der Waals surface area contributed by atoms with E-state index in [-0.39, 0.29) is 17.9 Å². The maximum absolute atomic E-state index is 11.1. The molecule has 0 heterocycles. The van der Waals surface area contributed by atoms with Crippen molar-refractivity contribution in [1.82, 2.24) is 10.2 Å². The number of nitrogens with one attached hydrogen (secondary N) is 1. The summed E-state index contributed by atoms with van der Waals surface area (Å²) in [5.74, 6) is 0.520. The Morgan fingerprint density at radius 2 is 2.05 bits per heavy atom. The van der Waals surface area contributed by atoms with Crippen molar-refractivity contribution in [2.24, 2.45) is 4.99 Å². The Kier molecular flexibility index (Phi) is 9.07. The van der Waals surface area contributed by atoms with Gasteiger partial charge in [-0.25, -0.2) is 4.99 Å². The molecular weight excluding hydrogens is 258 g/mol. The molecule has 6 nitrogen and oxygen atoms in total. The van der Waals surface area contributed by atoms with Gasteiger partial charge < -0.3 is 15.0 Å². The first-order valence-corrected chi connectivity index (χ1v) is 6.65. The molecule has 1 N–H and O–H groups in total. The second kappa shape index (κ2) is 10.00. The Morgan fingerprint density at radius 1 is 1.40 bits per heavy atom. The van der Waals surface area contributed by atoms with Gasteiger partial charge >= 0.3 is 0 Å². The molecule has 0 saturated carbocycles. The van der Waals surface area contributed by atoms with Crippen molar-refractivity contribution in [3.05, 3.63) is 12.3 Å². The van der Waals surface area contributed by atoms with E-state index in [1.54, 1.807) is 38.2 Å². The minimum absolute atomic E-state index is 0.0205. The van der Waals surface area contributed by atoms with E-state index in [0.717, 1.165) is 6.42 Å². The summed E-state index contributed by atoms with van der Waals surface area (Å²) in [6.45, 7) is 5.88. The van der Waals surface area contributed by atoms with Crippen LogP contribution in [-0.2, 0) is 14.3 Å². The lowest BCUT2D eigenvalue weighted by Crippen LogP contribution is -2.28. The summed E-state index contributed by atoms with van der Waals surface area (Å²) in [7, 11) is 3.35. The molecule has 0 aromatic rings. The SMILES string of the molecule is CNC(=O)C/C=C\N=C(C)OC(C)CCN(C)C(C)=O. The lowest BCUT2D eigenvalue weighted by Gasteiger charge is -2.18. The van der Waals surface area contributed by atoms with Gasteiger partial charge in [-0.3, -0.25) is 9.59 Å². The van der Waals surface area contributed by atoms with Crippen LogP contribution >= 0.6 is 0 Å². The van der Waals surface area contributed by atoms with Crippen LogP contribution in [0, 0.1) is 0 Å². The fraction of sp³-hybridized carbons (Fsp3) is 0.643. The van der Waals surface area contributed by atoms with Crippen LogP contribution in [0.3, 0.4) is 0 Å². The largest absolute Gasteiger partial charge is 0.478 e. The van der Waals surface area contributed by atoms with Gasteiger partial charge in [0.15, 0.2) is 5.90 Å². The lowest BCUT2D eigenvalue weighted by molar-refractivity contribution is -0.127. The third kappa shape index (κ3) is 9.13. The zero-order valence-corrected chi connectivity index (χ0v) is 13.0. The monoisotopic (exact) mass is 283 g/mol. The molecule has 0 saturated heterocycles. The van der Waals surface area contributed by atoms with Crippen molar-refractivity contribution >= 4 is 17.7 Å². The predicted molar refractivity (Wildman–Crippen MR) is 79.4 cm³/mol.